The van der Waals surface area contributed by atoms with Crippen molar-refractivity contribution >= 4 is 5.91 Å². The minimum atomic E-state index is -0.218. The van der Waals surface area contributed by atoms with Gasteiger partial charge in [0.2, 0.25) is 0 Å². The first-order chi connectivity index (χ1) is 14.5. The molecule has 0 bridgehead atoms. The number of nitrogens with one attached hydrogen (secondary N) is 1. The van der Waals surface area contributed by atoms with Gasteiger partial charge in [-0.1, -0.05) is 11.6 Å². The predicted octanol–water partition coefficient (Wildman–Crippen LogP) is 2.67. The number of ether oxygens (including phenoxy) is 2. The van der Waals surface area contributed by atoms with Crippen LogP contribution in [-0.4, -0.2) is 34.9 Å². The first kappa shape index (κ1) is 20.7. The van der Waals surface area contributed by atoms with Gasteiger partial charge < -0.3 is 23.9 Å². The zero-order valence-electron chi connectivity index (χ0n) is 17.7. The predicted molar refractivity (Wildman–Crippen MR) is 110 cm³/mol. The van der Waals surface area contributed by atoms with E-state index in [2.05, 4.69) is 10.5 Å². The molecule has 4 heterocycles. The highest BCUT2D eigenvalue weighted by Crippen LogP contribution is 2.26. The molecule has 0 unspecified atom stereocenters. The topological polar surface area (TPSA) is 95.6 Å². The van der Waals surface area contributed by atoms with E-state index >= 15 is 0 Å². The van der Waals surface area contributed by atoms with E-state index in [-0.39, 0.29) is 24.2 Å². The normalized spacial score (nSPS) is 18.7. The molecule has 4 rings (SSSR count). The van der Waals surface area contributed by atoms with Crippen molar-refractivity contribution in [2.24, 2.45) is 0 Å². The summed E-state index contributed by atoms with van der Waals surface area (Å²) in [5.41, 5.74) is 2.66. The number of carbonyl (C=O) groups is 1. The van der Waals surface area contributed by atoms with Gasteiger partial charge in [0, 0.05) is 31.5 Å². The summed E-state index contributed by atoms with van der Waals surface area (Å²) in [4.78, 5) is 26.0. The summed E-state index contributed by atoms with van der Waals surface area (Å²) in [5, 5.41) is 6.94. The Bertz CT molecular complexity index is 952. The van der Waals surface area contributed by atoms with E-state index in [1.54, 1.807) is 4.57 Å². The van der Waals surface area contributed by atoms with E-state index < -0.39 is 0 Å². The van der Waals surface area contributed by atoms with Crippen LogP contribution in [0.5, 0.6) is 5.75 Å². The number of hydrogen-bond acceptors (Lipinski definition) is 6. The zero-order chi connectivity index (χ0) is 21.1. The number of carbonyl (C=O) groups excluding carboxylic acids is 1. The van der Waals surface area contributed by atoms with Gasteiger partial charge in [-0.15, -0.1) is 0 Å². The van der Waals surface area contributed by atoms with Gasteiger partial charge in [-0.05, 0) is 46.0 Å². The third kappa shape index (κ3) is 4.28. The van der Waals surface area contributed by atoms with Crippen LogP contribution in [0, 0.1) is 13.8 Å². The second kappa shape index (κ2) is 9.04. The van der Waals surface area contributed by atoms with Gasteiger partial charge in [-0.2, -0.15) is 0 Å². The molecule has 0 aromatic carbocycles. The standard InChI is InChI=1S/C22H29N3O5/c1-14-17(15(2)30-24-14)13-29-19-11-20(26)25-9-5-3-4-8-18(25)21(19)22(27)23-12-16-7-6-10-28-16/h11,16H,3-10,12-13H2,1-2H3,(H,23,27)/t16-/m1/s1. The summed E-state index contributed by atoms with van der Waals surface area (Å²) < 4.78 is 18.6. The molecule has 2 aromatic rings. The molecule has 0 spiro atoms. The number of aryl methyl sites for hydroxylation is 2. The maximum Gasteiger partial charge on any atom is 0.256 e. The summed E-state index contributed by atoms with van der Waals surface area (Å²) in [6, 6.07) is 1.44. The molecule has 1 amide bonds. The fourth-order valence-corrected chi connectivity index (χ4v) is 4.23. The molecule has 0 radical (unpaired) electrons. The Hall–Kier alpha value is -2.61. The molecular formula is C22H29N3O5. The molecule has 162 valence electrons. The van der Waals surface area contributed by atoms with Gasteiger partial charge in [-0.3, -0.25) is 9.59 Å². The SMILES string of the molecule is Cc1noc(C)c1COc1cc(=O)n2c(c1C(=O)NC[C@H]1CCCO1)CCCCC2. The average molecular weight is 415 g/mol. The summed E-state index contributed by atoms with van der Waals surface area (Å²) in [5.74, 6) is 0.770. The van der Waals surface area contributed by atoms with Crippen molar-refractivity contribution in [2.75, 3.05) is 13.2 Å². The molecule has 1 atom stereocenters. The molecule has 1 N–H and O–H groups in total. The van der Waals surface area contributed by atoms with Crippen molar-refractivity contribution in [3.05, 3.63) is 44.7 Å². The van der Waals surface area contributed by atoms with Crippen LogP contribution in [-0.2, 0) is 24.3 Å². The van der Waals surface area contributed by atoms with Gasteiger partial charge in [-0.25, -0.2) is 0 Å². The van der Waals surface area contributed by atoms with Crippen LogP contribution in [0.25, 0.3) is 0 Å². The lowest BCUT2D eigenvalue weighted by atomic mass is 10.1. The van der Waals surface area contributed by atoms with Crippen LogP contribution in [0.3, 0.4) is 0 Å². The quantitative estimate of drug-likeness (QED) is 0.779. The molecule has 8 heteroatoms. The Balaban J connectivity index is 1.65. The number of aromatic nitrogens is 2. The van der Waals surface area contributed by atoms with E-state index in [1.807, 2.05) is 13.8 Å². The van der Waals surface area contributed by atoms with Crippen LogP contribution in [0.15, 0.2) is 15.4 Å². The highest BCUT2D eigenvalue weighted by molar-refractivity contribution is 5.98. The largest absolute Gasteiger partial charge is 0.488 e. The fourth-order valence-electron chi connectivity index (χ4n) is 4.23. The Labute approximate surface area is 175 Å². The van der Waals surface area contributed by atoms with Gasteiger partial charge >= 0.3 is 0 Å². The molecule has 2 aliphatic rings. The van der Waals surface area contributed by atoms with Gasteiger partial charge in [0.25, 0.3) is 11.5 Å². The number of rotatable bonds is 6. The van der Waals surface area contributed by atoms with Crippen LogP contribution in [0.4, 0.5) is 0 Å². The van der Waals surface area contributed by atoms with Crippen molar-refractivity contribution in [1.82, 2.24) is 15.0 Å². The first-order valence-corrected chi connectivity index (χ1v) is 10.8. The number of pyridine rings is 1. The van der Waals surface area contributed by atoms with Crippen molar-refractivity contribution in [3.8, 4) is 5.75 Å². The number of amides is 1. The lowest BCUT2D eigenvalue weighted by Crippen LogP contribution is -2.35. The molecular weight excluding hydrogens is 386 g/mol. The Kier molecular flexibility index (Phi) is 6.22. The Morgan fingerprint density at radius 1 is 1.30 bits per heavy atom. The molecule has 30 heavy (non-hydrogen) atoms. The maximum atomic E-state index is 13.2. The Morgan fingerprint density at radius 3 is 2.90 bits per heavy atom. The smallest absolute Gasteiger partial charge is 0.256 e. The lowest BCUT2D eigenvalue weighted by Gasteiger charge is -2.19. The van der Waals surface area contributed by atoms with E-state index in [4.69, 9.17) is 14.0 Å². The number of hydrogen-bond donors (Lipinski definition) is 1. The molecule has 1 fully saturated rings. The van der Waals surface area contributed by atoms with Crippen LogP contribution in [0.1, 0.15) is 65.2 Å². The van der Waals surface area contributed by atoms with Crippen LogP contribution in [0.2, 0.25) is 0 Å². The molecule has 0 aliphatic carbocycles. The van der Waals surface area contributed by atoms with Crippen molar-refractivity contribution < 1.29 is 18.8 Å². The average Bonchev–Trinajstić information content (AvgIpc) is 3.27. The van der Waals surface area contributed by atoms with E-state index in [9.17, 15) is 9.59 Å². The van der Waals surface area contributed by atoms with Crippen LogP contribution < -0.4 is 15.6 Å². The summed E-state index contributed by atoms with van der Waals surface area (Å²) in [6.07, 6.45) is 5.60. The Morgan fingerprint density at radius 2 is 2.17 bits per heavy atom. The summed E-state index contributed by atoms with van der Waals surface area (Å²) in [7, 11) is 0. The second-order valence-electron chi connectivity index (χ2n) is 8.07. The monoisotopic (exact) mass is 415 g/mol. The van der Waals surface area contributed by atoms with Gasteiger partial charge in [0.05, 0.1) is 17.4 Å². The minimum Gasteiger partial charge on any atom is -0.488 e. The first-order valence-electron chi connectivity index (χ1n) is 10.8. The van der Waals surface area contributed by atoms with E-state index in [0.29, 0.717) is 36.6 Å². The zero-order valence-corrected chi connectivity index (χ0v) is 17.7. The number of nitrogens with zero attached hydrogens (tertiary/aromatic N) is 2. The second-order valence-corrected chi connectivity index (χ2v) is 8.07. The third-order valence-corrected chi connectivity index (χ3v) is 5.97. The highest BCUT2D eigenvalue weighted by atomic mass is 16.5. The summed E-state index contributed by atoms with van der Waals surface area (Å²) in [6.45, 7) is 5.68. The minimum absolute atomic E-state index is 0.0469. The molecule has 2 aromatic heterocycles. The molecule has 1 saturated heterocycles. The van der Waals surface area contributed by atoms with Crippen molar-refractivity contribution in [3.63, 3.8) is 0 Å². The third-order valence-electron chi connectivity index (χ3n) is 5.97. The highest BCUT2D eigenvalue weighted by Gasteiger charge is 2.25. The van der Waals surface area contributed by atoms with E-state index in [1.165, 1.54) is 6.07 Å². The lowest BCUT2D eigenvalue weighted by molar-refractivity contribution is 0.0852. The van der Waals surface area contributed by atoms with Crippen molar-refractivity contribution in [1.29, 1.82) is 0 Å². The number of fused-ring (bicyclic) bond motifs is 1. The fraction of sp³-hybridized carbons (Fsp3) is 0.591. The maximum absolute atomic E-state index is 13.2. The molecule has 2 aliphatic heterocycles. The van der Waals surface area contributed by atoms with Gasteiger partial charge in [0.1, 0.15) is 23.7 Å². The van der Waals surface area contributed by atoms with Crippen LogP contribution >= 0.6 is 0 Å². The molecule has 0 saturated carbocycles. The summed E-state index contributed by atoms with van der Waals surface area (Å²) >= 11 is 0. The van der Waals surface area contributed by atoms with Gasteiger partial charge in [0.15, 0.2) is 0 Å². The van der Waals surface area contributed by atoms with E-state index in [0.717, 1.165) is 55.7 Å². The van der Waals surface area contributed by atoms with Crippen molar-refractivity contribution in [2.45, 2.75) is 71.6 Å². The molecule has 8 nitrogen and oxygen atoms in total.